The SMILES string of the molecule is CC(=O)O[C@H]1C(=O)C[C@@H](C)C[C@H]2OC[C@@]2(OC(C)=O)C(C)[C@H](OC(=O)c2ccccc2)[C@]2(O)C[C@H](OC(O)(O)[C@H](O)[C@@H](NC(=O)c3ccccc3)c3ccccc3)C(C)=C1C2(C)C. The van der Waals surface area contributed by atoms with Crippen LogP contribution in [0.2, 0.25) is 0 Å². The predicted molar refractivity (Wildman–Crippen MR) is 225 cm³/mol. The third kappa shape index (κ3) is 9.35. The zero-order chi connectivity index (χ0) is 46.1. The van der Waals surface area contributed by atoms with E-state index in [9.17, 15) is 44.4 Å². The molecule has 1 saturated heterocycles. The first-order chi connectivity index (χ1) is 29.6. The van der Waals surface area contributed by atoms with E-state index >= 15 is 0 Å². The van der Waals surface area contributed by atoms with Gasteiger partial charge in [0.25, 0.3) is 5.91 Å². The maximum Gasteiger partial charge on any atom is 0.338 e. The van der Waals surface area contributed by atoms with Crippen LogP contribution in [-0.4, -0.2) is 104 Å². The molecule has 63 heavy (non-hydrogen) atoms. The highest BCUT2D eigenvalue weighted by molar-refractivity contribution is 5.94. The van der Waals surface area contributed by atoms with E-state index in [0.29, 0.717) is 0 Å². The van der Waals surface area contributed by atoms with Crippen molar-refractivity contribution in [2.75, 3.05) is 6.61 Å². The Bertz CT molecular complexity index is 2190. The Labute approximate surface area is 366 Å². The summed E-state index contributed by atoms with van der Waals surface area (Å²) in [7, 11) is 0. The number of amides is 1. The molecule has 3 aromatic carbocycles. The second-order valence-corrected chi connectivity index (χ2v) is 17.6. The highest BCUT2D eigenvalue weighted by Crippen LogP contribution is 2.57. The topological polar surface area (TPSA) is 224 Å². The van der Waals surface area contributed by atoms with Crippen LogP contribution in [0.4, 0.5) is 0 Å². The lowest BCUT2D eigenvalue weighted by Crippen LogP contribution is -2.72. The maximum absolute atomic E-state index is 14.5. The molecule has 1 aliphatic heterocycles. The number of hydrogen-bond acceptors (Lipinski definition) is 14. The van der Waals surface area contributed by atoms with Crippen molar-refractivity contribution in [3.63, 3.8) is 0 Å². The largest absolute Gasteiger partial charge is 0.455 e. The number of Topliss-reactive ketones (excluding diaryl/α,β-unsaturated/α-hetero) is 1. The average molecular weight is 872 g/mol. The summed E-state index contributed by atoms with van der Waals surface area (Å²) in [5, 5.41) is 52.1. The fraction of sp³-hybridized carbons (Fsp3) is 0.479. The van der Waals surface area contributed by atoms with Gasteiger partial charge in [0.1, 0.15) is 17.8 Å². The van der Waals surface area contributed by atoms with Crippen molar-refractivity contribution in [2.45, 2.75) is 121 Å². The molecule has 15 heteroatoms. The minimum Gasteiger partial charge on any atom is -0.455 e. The molecule has 1 heterocycles. The fourth-order valence-corrected chi connectivity index (χ4v) is 9.53. The van der Waals surface area contributed by atoms with E-state index in [4.69, 9.17) is 23.7 Å². The second-order valence-electron chi connectivity index (χ2n) is 17.6. The van der Waals surface area contributed by atoms with Gasteiger partial charge in [0.15, 0.2) is 23.6 Å². The smallest absolute Gasteiger partial charge is 0.338 e. The molecular weight excluding hydrogens is 815 g/mol. The quantitative estimate of drug-likeness (QED) is 0.0774. The molecule has 1 amide bonds. The first kappa shape index (κ1) is 47.2. The van der Waals surface area contributed by atoms with Gasteiger partial charge in [-0.3, -0.25) is 19.2 Å². The molecule has 6 rings (SSSR count). The summed E-state index contributed by atoms with van der Waals surface area (Å²) in [6.45, 7) is 10.3. The van der Waals surface area contributed by atoms with E-state index in [1.165, 1.54) is 38.1 Å². The summed E-state index contributed by atoms with van der Waals surface area (Å²) in [6, 6.07) is 22.6. The minimum absolute atomic E-state index is 0.0207. The molecule has 10 atom stereocenters. The number of carbonyl (C=O) groups is 5. The van der Waals surface area contributed by atoms with Gasteiger partial charge in [-0.2, -0.15) is 0 Å². The summed E-state index contributed by atoms with van der Waals surface area (Å²) in [4.78, 5) is 68.0. The Kier molecular flexibility index (Phi) is 13.8. The van der Waals surface area contributed by atoms with Crippen LogP contribution in [-0.2, 0) is 38.1 Å². The lowest BCUT2D eigenvalue weighted by atomic mass is 9.54. The zero-order valence-corrected chi connectivity index (χ0v) is 36.5. The van der Waals surface area contributed by atoms with Gasteiger partial charge in [0, 0.05) is 43.6 Å². The molecule has 5 N–H and O–H groups in total. The lowest BCUT2D eigenvalue weighted by Gasteiger charge is -2.60. The monoisotopic (exact) mass is 871 g/mol. The van der Waals surface area contributed by atoms with Crippen LogP contribution in [0.15, 0.2) is 102 Å². The number of aliphatic hydroxyl groups is 4. The summed E-state index contributed by atoms with van der Waals surface area (Å²) in [6.07, 6.45) is -8.61. The number of hydrogen-bond donors (Lipinski definition) is 5. The molecule has 0 spiro atoms. The Morgan fingerprint density at radius 3 is 1.97 bits per heavy atom. The molecule has 2 aliphatic carbocycles. The molecule has 15 nitrogen and oxygen atoms in total. The molecule has 3 aromatic rings. The number of carbonyl (C=O) groups excluding carboxylic acids is 5. The van der Waals surface area contributed by atoms with E-state index in [1.54, 1.807) is 94.4 Å². The van der Waals surface area contributed by atoms with Crippen molar-refractivity contribution < 1.29 is 68.1 Å². The highest BCUT2D eigenvalue weighted by atomic mass is 16.8. The number of ketones is 1. The lowest BCUT2D eigenvalue weighted by molar-refractivity contribution is -0.395. The molecule has 2 fully saturated rings. The van der Waals surface area contributed by atoms with Gasteiger partial charge < -0.3 is 49.4 Å². The summed E-state index contributed by atoms with van der Waals surface area (Å²) >= 11 is 0. The molecular formula is C48H57NO14. The van der Waals surface area contributed by atoms with E-state index in [1.807, 2.05) is 0 Å². The normalized spacial score (nSPS) is 29.3. The van der Waals surface area contributed by atoms with Crippen molar-refractivity contribution in [1.29, 1.82) is 0 Å². The first-order valence-corrected chi connectivity index (χ1v) is 21.0. The van der Waals surface area contributed by atoms with Crippen molar-refractivity contribution in [3.8, 4) is 0 Å². The van der Waals surface area contributed by atoms with Crippen LogP contribution in [0.25, 0.3) is 0 Å². The summed E-state index contributed by atoms with van der Waals surface area (Å²) in [5.41, 5.74) is -4.78. The van der Waals surface area contributed by atoms with Crippen molar-refractivity contribution in [2.24, 2.45) is 17.3 Å². The second kappa shape index (κ2) is 18.4. The van der Waals surface area contributed by atoms with Gasteiger partial charge in [-0.15, -0.1) is 0 Å². The average Bonchev–Trinajstić information content (AvgIpc) is 3.23. The first-order valence-electron chi connectivity index (χ1n) is 21.0. The maximum atomic E-state index is 14.5. The van der Waals surface area contributed by atoms with E-state index in [-0.39, 0.29) is 47.3 Å². The number of fused-ring (bicyclic) bond motifs is 3. The predicted octanol–water partition coefficient (Wildman–Crippen LogP) is 4.51. The molecule has 0 aromatic heterocycles. The molecule has 338 valence electrons. The van der Waals surface area contributed by atoms with Gasteiger partial charge in [0.05, 0.1) is 24.3 Å². The Balaban J connectivity index is 1.53. The van der Waals surface area contributed by atoms with E-state index in [0.717, 1.165) is 6.92 Å². The highest BCUT2D eigenvalue weighted by Gasteiger charge is 2.67. The molecule has 0 radical (unpaired) electrons. The van der Waals surface area contributed by atoms with Gasteiger partial charge >= 0.3 is 23.9 Å². The van der Waals surface area contributed by atoms with Crippen LogP contribution in [0.1, 0.15) is 100 Å². The zero-order valence-electron chi connectivity index (χ0n) is 36.5. The van der Waals surface area contributed by atoms with Crippen LogP contribution in [0.3, 0.4) is 0 Å². The van der Waals surface area contributed by atoms with E-state index in [2.05, 4.69) is 5.32 Å². The molecule has 1 unspecified atom stereocenters. The number of esters is 3. The molecule has 2 bridgehead atoms. The third-order valence-corrected chi connectivity index (χ3v) is 13.0. The Morgan fingerprint density at radius 1 is 0.857 bits per heavy atom. The minimum atomic E-state index is -3.52. The van der Waals surface area contributed by atoms with Crippen LogP contribution in [0.5, 0.6) is 0 Å². The van der Waals surface area contributed by atoms with Gasteiger partial charge in [-0.1, -0.05) is 94.4 Å². The van der Waals surface area contributed by atoms with Crippen molar-refractivity contribution in [3.05, 3.63) is 119 Å². The van der Waals surface area contributed by atoms with Gasteiger partial charge in [-0.25, -0.2) is 4.79 Å². The summed E-state index contributed by atoms with van der Waals surface area (Å²) < 4.78 is 30.4. The number of benzene rings is 3. The number of rotatable bonds is 11. The number of nitrogens with one attached hydrogen (secondary N) is 1. The van der Waals surface area contributed by atoms with Crippen molar-refractivity contribution in [1.82, 2.24) is 5.32 Å². The third-order valence-electron chi connectivity index (χ3n) is 13.0. The number of aliphatic hydroxyl groups excluding tert-OH is 1. The van der Waals surface area contributed by atoms with Crippen LogP contribution < -0.4 is 5.32 Å². The van der Waals surface area contributed by atoms with E-state index < -0.39 is 107 Å². The van der Waals surface area contributed by atoms with Gasteiger partial charge in [0.2, 0.25) is 0 Å². The Morgan fingerprint density at radius 2 is 1.43 bits per heavy atom. The standard InChI is InChI=1S/C48H57NO14/c1-27-23-35(52)40(60-30(4)50)38-28(2)36(63-48(57,58)41(53)39(32-17-11-8-12-18-32)49-43(54)33-19-13-9-14-20-33)25-47(56,45(38,6)7)42(61-44(55)34-21-15-10-16-22-34)29(3)46(62-31(5)51)26-59-37(46)24-27/h8-22,27,29,36-37,39-42,53,56-58H,23-26H2,1-7H3,(H,49,54)/t27-,29?,36+,37-,39+,40+,41-,42+,46-,47-/m1/s1. The Hall–Kier alpha value is -5.29. The van der Waals surface area contributed by atoms with Crippen LogP contribution >= 0.6 is 0 Å². The summed E-state index contributed by atoms with van der Waals surface area (Å²) in [5.74, 6) is -8.60. The van der Waals surface area contributed by atoms with Gasteiger partial charge in [-0.05, 0) is 60.2 Å². The number of ether oxygens (including phenoxy) is 5. The fourth-order valence-electron chi connectivity index (χ4n) is 9.53. The molecule has 1 saturated carbocycles. The van der Waals surface area contributed by atoms with Crippen molar-refractivity contribution >= 4 is 29.6 Å². The molecule has 3 aliphatic rings. The van der Waals surface area contributed by atoms with Crippen LogP contribution in [0, 0.1) is 17.3 Å².